The number of benzene rings is 2. The number of aliphatic hydroxyl groups excluding tert-OH is 1. The molecule has 0 heterocycles. The smallest absolute Gasteiger partial charge is 0.262 e. The van der Waals surface area contributed by atoms with Crippen molar-refractivity contribution in [3.8, 4) is 0 Å². The van der Waals surface area contributed by atoms with Crippen LogP contribution in [0.15, 0.2) is 41.3 Å². The molecule has 0 radical (unpaired) electrons. The standard InChI is InChI=1S/C15H16FNO3S/c1-10-5-13(16)8-14(6-10)17-21(19,20)15-7-12(9-18)4-3-11(15)2/h3-8,17-18H,9H2,1-2H3. The van der Waals surface area contributed by atoms with E-state index < -0.39 is 15.8 Å². The molecule has 0 saturated carbocycles. The molecular weight excluding hydrogens is 293 g/mol. The molecule has 112 valence electrons. The summed E-state index contributed by atoms with van der Waals surface area (Å²) in [5.74, 6) is -0.506. The second-order valence-electron chi connectivity index (χ2n) is 4.88. The number of rotatable bonds is 4. The van der Waals surface area contributed by atoms with Gasteiger partial charge in [-0.2, -0.15) is 0 Å². The summed E-state index contributed by atoms with van der Waals surface area (Å²) < 4.78 is 40.5. The van der Waals surface area contributed by atoms with Gasteiger partial charge in [0.25, 0.3) is 10.0 Å². The fourth-order valence-corrected chi connectivity index (χ4v) is 3.37. The highest BCUT2D eigenvalue weighted by molar-refractivity contribution is 7.92. The van der Waals surface area contributed by atoms with E-state index in [-0.39, 0.29) is 17.2 Å². The lowest BCUT2D eigenvalue weighted by Gasteiger charge is -2.12. The molecule has 2 aromatic rings. The fraction of sp³-hybridized carbons (Fsp3) is 0.200. The summed E-state index contributed by atoms with van der Waals surface area (Å²) in [5, 5.41) is 9.12. The molecule has 2 N–H and O–H groups in total. The maximum atomic E-state index is 13.3. The molecule has 0 aromatic heterocycles. The average molecular weight is 309 g/mol. The first kappa shape index (κ1) is 15.5. The van der Waals surface area contributed by atoms with Gasteiger partial charge in [-0.3, -0.25) is 4.72 Å². The van der Waals surface area contributed by atoms with Crippen LogP contribution in [0.3, 0.4) is 0 Å². The molecule has 4 nitrogen and oxygen atoms in total. The average Bonchev–Trinajstić information content (AvgIpc) is 2.37. The lowest BCUT2D eigenvalue weighted by Crippen LogP contribution is -2.15. The van der Waals surface area contributed by atoms with E-state index in [0.29, 0.717) is 16.7 Å². The molecule has 2 aromatic carbocycles. The van der Waals surface area contributed by atoms with Crippen LogP contribution < -0.4 is 4.72 Å². The van der Waals surface area contributed by atoms with Crippen LogP contribution in [-0.2, 0) is 16.6 Å². The minimum atomic E-state index is -3.84. The van der Waals surface area contributed by atoms with Gasteiger partial charge < -0.3 is 5.11 Å². The number of aliphatic hydroxyl groups is 1. The Balaban J connectivity index is 2.42. The third kappa shape index (κ3) is 3.59. The first-order chi connectivity index (χ1) is 9.81. The molecule has 0 fully saturated rings. The van der Waals surface area contributed by atoms with E-state index in [0.717, 1.165) is 6.07 Å². The Kier molecular flexibility index (Phi) is 4.29. The van der Waals surface area contributed by atoms with Gasteiger partial charge in [0.2, 0.25) is 0 Å². The summed E-state index contributed by atoms with van der Waals surface area (Å²) in [5.41, 5.74) is 1.83. The maximum Gasteiger partial charge on any atom is 0.262 e. The van der Waals surface area contributed by atoms with Crippen LogP contribution >= 0.6 is 0 Å². The Labute approximate surface area is 123 Å². The van der Waals surface area contributed by atoms with Crippen molar-refractivity contribution in [3.63, 3.8) is 0 Å². The van der Waals surface area contributed by atoms with E-state index in [9.17, 15) is 12.8 Å². The number of anilines is 1. The number of halogens is 1. The summed E-state index contributed by atoms with van der Waals surface area (Å²) in [7, 11) is -3.84. The van der Waals surface area contributed by atoms with Gasteiger partial charge in [0.15, 0.2) is 0 Å². The van der Waals surface area contributed by atoms with E-state index in [1.807, 2.05) is 0 Å². The van der Waals surface area contributed by atoms with Gasteiger partial charge in [-0.25, -0.2) is 12.8 Å². The molecule has 2 rings (SSSR count). The highest BCUT2D eigenvalue weighted by Crippen LogP contribution is 2.22. The van der Waals surface area contributed by atoms with Gasteiger partial charge in [0.1, 0.15) is 5.82 Å². The second-order valence-corrected chi connectivity index (χ2v) is 6.53. The molecule has 21 heavy (non-hydrogen) atoms. The van der Waals surface area contributed by atoms with E-state index in [1.165, 1.54) is 12.1 Å². The predicted molar refractivity (Wildman–Crippen MR) is 79.0 cm³/mol. The quantitative estimate of drug-likeness (QED) is 0.912. The molecule has 0 spiro atoms. The van der Waals surface area contributed by atoms with Crippen molar-refractivity contribution in [2.75, 3.05) is 4.72 Å². The van der Waals surface area contributed by atoms with Crippen LogP contribution in [0.1, 0.15) is 16.7 Å². The first-order valence-electron chi connectivity index (χ1n) is 6.32. The number of sulfonamides is 1. The zero-order chi connectivity index (χ0) is 15.6. The molecule has 0 atom stereocenters. The van der Waals surface area contributed by atoms with Crippen molar-refractivity contribution in [2.45, 2.75) is 25.3 Å². The molecule has 0 bridgehead atoms. The number of hydrogen-bond donors (Lipinski definition) is 2. The maximum absolute atomic E-state index is 13.3. The minimum absolute atomic E-state index is 0.0657. The molecule has 0 saturated heterocycles. The molecular formula is C15H16FNO3S. The zero-order valence-corrected chi connectivity index (χ0v) is 12.5. The normalized spacial score (nSPS) is 11.4. The first-order valence-corrected chi connectivity index (χ1v) is 7.80. The highest BCUT2D eigenvalue weighted by atomic mass is 32.2. The van der Waals surface area contributed by atoms with E-state index >= 15 is 0 Å². The molecule has 0 aliphatic heterocycles. The fourth-order valence-electron chi connectivity index (χ4n) is 2.04. The SMILES string of the molecule is Cc1cc(F)cc(NS(=O)(=O)c2cc(CO)ccc2C)c1. The number of nitrogens with one attached hydrogen (secondary N) is 1. The third-order valence-corrected chi connectivity index (χ3v) is 4.54. The van der Waals surface area contributed by atoms with Crippen LogP contribution in [0.4, 0.5) is 10.1 Å². The van der Waals surface area contributed by atoms with E-state index in [2.05, 4.69) is 4.72 Å². The minimum Gasteiger partial charge on any atom is -0.392 e. The highest BCUT2D eigenvalue weighted by Gasteiger charge is 2.18. The topological polar surface area (TPSA) is 66.4 Å². The van der Waals surface area contributed by atoms with Gasteiger partial charge in [0.05, 0.1) is 17.2 Å². The third-order valence-electron chi connectivity index (χ3n) is 3.02. The van der Waals surface area contributed by atoms with Gasteiger partial charge in [-0.05, 0) is 54.8 Å². The van der Waals surface area contributed by atoms with Crippen LogP contribution in [0.2, 0.25) is 0 Å². The Morgan fingerprint density at radius 1 is 1.14 bits per heavy atom. The van der Waals surface area contributed by atoms with Crippen LogP contribution in [0, 0.1) is 19.7 Å². The lowest BCUT2D eigenvalue weighted by atomic mass is 10.2. The zero-order valence-electron chi connectivity index (χ0n) is 11.7. The van der Waals surface area contributed by atoms with Crippen LogP contribution in [0.5, 0.6) is 0 Å². The van der Waals surface area contributed by atoms with Crippen molar-refractivity contribution in [1.29, 1.82) is 0 Å². The summed E-state index contributed by atoms with van der Waals surface area (Å²) in [6.45, 7) is 3.09. The van der Waals surface area contributed by atoms with Gasteiger partial charge in [-0.15, -0.1) is 0 Å². The van der Waals surface area contributed by atoms with Gasteiger partial charge in [-0.1, -0.05) is 12.1 Å². The van der Waals surface area contributed by atoms with Gasteiger partial charge in [0, 0.05) is 0 Å². The Morgan fingerprint density at radius 3 is 2.48 bits per heavy atom. The predicted octanol–water partition coefficient (Wildman–Crippen LogP) is 2.74. The molecule has 6 heteroatoms. The largest absolute Gasteiger partial charge is 0.392 e. The summed E-state index contributed by atoms with van der Waals surface area (Å²) in [6, 6.07) is 8.67. The molecule has 0 aliphatic carbocycles. The van der Waals surface area contributed by atoms with Crippen molar-refractivity contribution >= 4 is 15.7 Å². The second kappa shape index (κ2) is 5.83. The summed E-state index contributed by atoms with van der Waals surface area (Å²) in [6.07, 6.45) is 0. The van der Waals surface area contributed by atoms with E-state index in [4.69, 9.17) is 5.11 Å². The summed E-state index contributed by atoms with van der Waals surface area (Å²) >= 11 is 0. The van der Waals surface area contributed by atoms with Crippen molar-refractivity contribution < 1.29 is 17.9 Å². The van der Waals surface area contributed by atoms with Crippen molar-refractivity contribution in [3.05, 3.63) is 58.9 Å². The van der Waals surface area contributed by atoms with Crippen molar-refractivity contribution in [2.24, 2.45) is 0 Å². The number of hydrogen-bond acceptors (Lipinski definition) is 3. The molecule has 0 aliphatic rings. The molecule has 0 unspecified atom stereocenters. The van der Waals surface area contributed by atoms with Crippen LogP contribution in [0.25, 0.3) is 0 Å². The van der Waals surface area contributed by atoms with Crippen LogP contribution in [-0.4, -0.2) is 13.5 Å². The Hall–Kier alpha value is -1.92. The number of aryl methyl sites for hydroxylation is 2. The van der Waals surface area contributed by atoms with Crippen molar-refractivity contribution in [1.82, 2.24) is 0 Å². The Bertz CT molecular complexity index is 752. The summed E-state index contributed by atoms with van der Waals surface area (Å²) in [4.78, 5) is 0.0657. The van der Waals surface area contributed by atoms with Gasteiger partial charge >= 0.3 is 0 Å². The molecule has 0 amide bonds. The van der Waals surface area contributed by atoms with E-state index in [1.54, 1.807) is 32.0 Å². The lowest BCUT2D eigenvalue weighted by molar-refractivity contribution is 0.281. The Morgan fingerprint density at radius 2 is 1.86 bits per heavy atom. The monoisotopic (exact) mass is 309 g/mol.